The Bertz CT molecular complexity index is 728. The Morgan fingerprint density at radius 2 is 1.85 bits per heavy atom. The van der Waals surface area contributed by atoms with Crippen molar-refractivity contribution in [2.24, 2.45) is 0 Å². The van der Waals surface area contributed by atoms with Gasteiger partial charge in [-0.05, 0) is 42.5 Å². The monoisotopic (exact) mass is 375 g/mol. The molecule has 1 heterocycles. The third-order valence-corrected chi connectivity index (χ3v) is 4.83. The minimum Gasteiger partial charge on any atom is -0.497 e. The molecule has 5 nitrogen and oxygen atoms in total. The maximum Gasteiger partial charge on any atom is 0.260 e. The van der Waals surface area contributed by atoms with Gasteiger partial charge in [-0.2, -0.15) is 0 Å². The number of nitrogens with one attached hydrogen (secondary N) is 1. The topological polar surface area (TPSA) is 43.2 Å². The number of methoxy groups -OCH3 is 1. The van der Waals surface area contributed by atoms with Crippen LogP contribution < -0.4 is 14.4 Å². The molecule has 2 aromatic carbocycles. The molecule has 0 radical (unpaired) electrons. The van der Waals surface area contributed by atoms with Crippen LogP contribution in [-0.4, -0.2) is 50.7 Å². The van der Waals surface area contributed by atoms with Crippen LogP contribution in [0.15, 0.2) is 48.5 Å². The summed E-state index contributed by atoms with van der Waals surface area (Å²) >= 11 is 5.92. The number of piperazine rings is 1. The zero-order chi connectivity index (χ0) is 18.4. The summed E-state index contributed by atoms with van der Waals surface area (Å²) in [6.07, 6.45) is 0. The molecule has 1 aliphatic rings. The lowest BCUT2D eigenvalue weighted by Gasteiger charge is -2.32. The molecule has 0 aromatic heterocycles. The lowest BCUT2D eigenvalue weighted by atomic mass is 10.2. The van der Waals surface area contributed by atoms with Gasteiger partial charge in [0.1, 0.15) is 18.0 Å². The van der Waals surface area contributed by atoms with Crippen molar-refractivity contribution < 1.29 is 19.2 Å². The first-order valence-corrected chi connectivity index (χ1v) is 9.14. The molecule has 138 valence electrons. The van der Waals surface area contributed by atoms with Crippen LogP contribution in [0, 0.1) is 0 Å². The van der Waals surface area contributed by atoms with Gasteiger partial charge in [0.15, 0.2) is 6.61 Å². The maximum atomic E-state index is 12.3. The first-order valence-electron chi connectivity index (χ1n) is 8.76. The molecular formula is C20H24ClN2O3+. The number of ether oxygens (including phenoxy) is 2. The zero-order valence-corrected chi connectivity index (χ0v) is 15.7. The molecule has 6 heteroatoms. The second-order valence-corrected chi connectivity index (χ2v) is 6.84. The van der Waals surface area contributed by atoms with E-state index in [1.807, 2.05) is 23.1 Å². The van der Waals surface area contributed by atoms with Gasteiger partial charge in [0, 0.05) is 10.6 Å². The van der Waals surface area contributed by atoms with Gasteiger partial charge in [-0.15, -0.1) is 0 Å². The number of quaternary nitrogens is 1. The van der Waals surface area contributed by atoms with Crippen molar-refractivity contribution in [1.82, 2.24) is 4.90 Å². The van der Waals surface area contributed by atoms with E-state index in [4.69, 9.17) is 21.1 Å². The Morgan fingerprint density at radius 1 is 1.12 bits per heavy atom. The molecule has 1 amide bonds. The van der Waals surface area contributed by atoms with Crippen molar-refractivity contribution >= 4 is 17.5 Å². The number of rotatable bonds is 6. The normalized spacial score (nSPS) is 14.9. The molecule has 1 saturated heterocycles. The molecule has 3 rings (SSSR count). The van der Waals surface area contributed by atoms with Gasteiger partial charge in [0.25, 0.3) is 5.91 Å². The predicted octanol–water partition coefficient (Wildman–Crippen LogP) is 1.65. The summed E-state index contributed by atoms with van der Waals surface area (Å²) in [5.74, 6) is 1.52. The Morgan fingerprint density at radius 3 is 2.50 bits per heavy atom. The first-order chi connectivity index (χ1) is 12.6. The summed E-state index contributed by atoms with van der Waals surface area (Å²) < 4.78 is 10.7. The van der Waals surface area contributed by atoms with E-state index in [0.29, 0.717) is 10.8 Å². The van der Waals surface area contributed by atoms with E-state index >= 15 is 0 Å². The molecular weight excluding hydrogens is 352 g/mol. The molecule has 2 aromatic rings. The highest BCUT2D eigenvalue weighted by atomic mass is 35.5. The van der Waals surface area contributed by atoms with E-state index in [9.17, 15) is 4.79 Å². The summed E-state index contributed by atoms with van der Waals surface area (Å²) in [6, 6.07) is 15.3. The number of hydrogen-bond donors (Lipinski definition) is 1. The van der Waals surface area contributed by atoms with Crippen LogP contribution in [0.4, 0.5) is 0 Å². The van der Waals surface area contributed by atoms with Gasteiger partial charge in [0.2, 0.25) is 0 Å². The number of hydrogen-bond acceptors (Lipinski definition) is 3. The van der Waals surface area contributed by atoms with Crippen molar-refractivity contribution in [3.05, 3.63) is 59.1 Å². The zero-order valence-electron chi connectivity index (χ0n) is 14.9. The Kier molecular flexibility index (Phi) is 6.36. The summed E-state index contributed by atoms with van der Waals surface area (Å²) in [4.78, 5) is 15.7. The first kappa shape index (κ1) is 18.5. The van der Waals surface area contributed by atoms with Crippen molar-refractivity contribution in [3.8, 4) is 11.5 Å². The molecule has 0 bridgehead atoms. The van der Waals surface area contributed by atoms with Gasteiger partial charge in [-0.25, -0.2) is 0 Å². The molecule has 0 aliphatic carbocycles. The average Bonchev–Trinajstić information content (AvgIpc) is 2.67. The van der Waals surface area contributed by atoms with E-state index in [2.05, 4.69) is 12.1 Å². The van der Waals surface area contributed by atoms with Gasteiger partial charge < -0.3 is 19.3 Å². The van der Waals surface area contributed by atoms with Crippen molar-refractivity contribution in [1.29, 1.82) is 0 Å². The molecule has 0 spiro atoms. The standard InChI is InChI=1S/C20H23ClN2O3/c1-25-18-7-5-16(6-8-18)14-22-9-11-23(12-10-22)20(24)15-26-19-4-2-3-17(21)13-19/h2-8,13H,9-12,14-15H2,1H3/p+1. The van der Waals surface area contributed by atoms with E-state index in [0.717, 1.165) is 38.5 Å². The Labute approximate surface area is 159 Å². The summed E-state index contributed by atoms with van der Waals surface area (Å²) in [5.41, 5.74) is 1.28. The largest absolute Gasteiger partial charge is 0.497 e. The maximum absolute atomic E-state index is 12.3. The van der Waals surface area contributed by atoms with Crippen molar-refractivity contribution in [2.75, 3.05) is 39.9 Å². The van der Waals surface area contributed by atoms with Crippen LogP contribution in [0.3, 0.4) is 0 Å². The highest BCUT2D eigenvalue weighted by molar-refractivity contribution is 6.30. The number of amides is 1. The highest BCUT2D eigenvalue weighted by Gasteiger charge is 2.24. The second-order valence-electron chi connectivity index (χ2n) is 6.40. The van der Waals surface area contributed by atoms with E-state index in [1.54, 1.807) is 25.3 Å². The summed E-state index contributed by atoms with van der Waals surface area (Å²) in [6.45, 7) is 4.40. The molecule has 1 N–H and O–H groups in total. The van der Waals surface area contributed by atoms with Gasteiger partial charge >= 0.3 is 0 Å². The average molecular weight is 376 g/mol. The van der Waals surface area contributed by atoms with E-state index in [-0.39, 0.29) is 12.5 Å². The number of carbonyl (C=O) groups is 1. The highest BCUT2D eigenvalue weighted by Crippen LogP contribution is 2.17. The Hall–Kier alpha value is -2.24. The quantitative estimate of drug-likeness (QED) is 0.835. The van der Waals surface area contributed by atoms with Gasteiger partial charge in [0.05, 0.1) is 33.3 Å². The lowest BCUT2D eigenvalue weighted by molar-refractivity contribution is -0.917. The van der Waals surface area contributed by atoms with Gasteiger partial charge in [-0.3, -0.25) is 4.79 Å². The SMILES string of the molecule is COc1ccc(C[NH+]2CCN(C(=O)COc3cccc(Cl)c3)CC2)cc1. The van der Waals surface area contributed by atoms with Crippen LogP contribution in [0.2, 0.25) is 5.02 Å². The molecule has 0 atom stereocenters. The smallest absolute Gasteiger partial charge is 0.260 e. The molecule has 26 heavy (non-hydrogen) atoms. The van der Waals surface area contributed by atoms with E-state index < -0.39 is 0 Å². The molecule has 1 aliphatic heterocycles. The number of halogens is 1. The second kappa shape index (κ2) is 8.92. The minimum absolute atomic E-state index is 0.0217. The van der Waals surface area contributed by atoms with Crippen molar-refractivity contribution in [2.45, 2.75) is 6.54 Å². The van der Waals surface area contributed by atoms with Crippen LogP contribution >= 0.6 is 11.6 Å². The summed E-state index contributed by atoms with van der Waals surface area (Å²) in [7, 11) is 1.67. The fraction of sp³-hybridized carbons (Fsp3) is 0.350. The van der Waals surface area contributed by atoms with Crippen molar-refractivity contribution in [3.63, 3.8) is 0 Å². The fourth-order valence-electron chi connectivity index (χ4n) is 3.07. The number of nitrogens with zero attached hydrogens (tertiary/aromatic N) is 1. The fourth-order valence-corrected chi connectivity index (χ4v) is 3.25. The number of carbonyl (C=O) groups excluding carboxylic acids is 1. The number of benzene rings is 2. The summed E-state index contributed by atoms with van der Waals surface area (Å²) in [5, 5.41) is 0.602. The Balaban J connectivity index is 1.43. The molecule has 0 saturated carbocycles. The molecule has 1 fully saturated rings. The van der Waals surface area contributed by atoms with E-state index in [1.165, 1.54) is 10.5 Å². The third kappa shape index (κ3) is 5.13. The van der Waals surface area contributed by atoms with Crippen LogP contribution in [-0.2, 0) is 11.3 Å². The molecule has 0 unspecified atom stereocenters. The predicted molar refractivity (Wildman–Crippen MR) is 101 cm³/mol. The lowest BCUT2D eigenvalue weighted by Crippen LogP contribution is -3.13. The minimum atomic E-state index is 0.0217. The van der Waals surface area contributed by atoms with Crippen LogP contribution in [0.1, 0.15) is 5.56 Å². The third-order valence-electron chi connectivity index (χ3n) is 4.59. The van der Waals surface area contributed by atoms with Crippen LogP contribution in [0.25, 0.3) is 0 Å². The van der Waals surface area contributed by atoms with Crippen LogP contribution in [0.5, 0.6) is 11.5 Å². The van der Waals surface area contributed by atoms with Gasteiger partial charge in [-0.1, -0.05) is 17.7 Å².